The average Bonchev–Trinajstić information content (AvgIpc) is 3.46. The van der Waals surface area contributed by atoms with Gasteiger partial charge in [-0.05, 0) is 57.7 Å². The van der Waals surface area contributed by atoms with Gasteiger partial charge >= 0.3 is 11.7 Å². The molecule has 214 valence electrons. The summed E-state index contributed by atoms with van der Waals surface area (Å²) < 4.78 is 7.41. The Morgan fingerprint density at radius 1 is 1.07 bits per heavy atom. The highest BCUT2D eigenvalue weighted by atomic mass is 16.4. The van der Waals surface area contributed by atoms with Gasteiger partial charge in [-0.3, -0.25) is 14.4 Å². The fourth-order valence-electron chi connectivity index (χ4n) is 6.20. The van der Waals surface area contributed by atoms with Crippen molar-refractivity contribution in [2.75, 3.05) is 42.5 Å². The van der Waals surface area contributed by atoms with Crippen LogP contribution in [0.3, 0.4) is 0 Å². The number of anilines is 2. The number of aryl methyl sites for hydroxylation is 2. The Morgan fingerprint density at radius 3 is 2.56 bits per heavy atom. The number of imide groups is 1. The van der Waals surface area contributed by atoms with Gasteiger partial charge in [0.1, 0.15) is 23.3 Å². The van der Waals surface area contributed by atoms with Crippen molar-refractivity contribution >= 4 is 45.4 Å². The summed E-state index contributed by atoms with van der Waals surface area (Å²) in [6.07, 6.45) is 4.39. The number of urea groups is 1. The molecule has 5 heterocycles. The molecule has 0 saturated carbocycles. The maximum Gasteiger partial charge on any atom is 0.339 e. The van der Waals surface area contributed by atoms with E-state index in [2.05, 4.69) is 44.0 Å². The third-order valence-corrected chi connectivity index (χ3v) is 8.66. The average molecular weight is 559 g/mol. The smallest absolute Gasteiger partial charge is 0.339 e. The number of rotatable bonds is 7. The van der Waals surface area contributed by atoms with E-state index in [4.69, 9.17) is 4.42 Å². The number of benzene rings is 1. The molecule has 2 aliphatic heterocycles. The van der Waals surface area contributed by atoms with Gasteiger partial charge in [0, 0.05) is 62.5 Å². The van der Waals surface area contributed by atoms with Crippen LogP contribution in [-0.2, 0) is 18.3 Å². The number of carbonyl (C=O) groups is 2. The first-order chi connectivity index (χ1) is 19.8. The van der Waals surface area contributed by atoms with Gasteiger partial charge in [-0.15, -0.1) is 0 Å². The van der Waals surface area contributed by atoms with Gasteiger partial charge in [0.2, 0.25) is 0 Å². The fraction of sp³-hybridized carbons (Fsp3) is 0.448. The zero-order valence-corrected chi connectivity index (χ0v) is 23.8. The monoisotopic (exact) mass is 558 g/mol. The number of fused-ring (bicyclic) bond motifs is 2. The normalized spacial score (nSPS) is 16.8. The molecule has 1 spiro atoms. The van der Waals surface area contributed by atoms with Gasteiger partial charge < -0.3 is 19.5 Å². The molecular formula is C29H34N8O4. The molecule has 1 aromatic carbocycles. The van der Waals surface area contributed by atoms with Crippen molar-refractivity contribution in [2.45, 2.75) is 45.6 Å². The molecule has 12 heteroatoms. The van der Waals surface area contributed by atoms with Crippen molar-refractivity contribution in [1.82, 2.24) is 30.0 Å². The fourth-order valence-corrected chi connectivity index (χ4v) is 6.20. The molecule has 2 fully saturated rings. The second-order valence-electron chi connectivity index (χ2n) is 10.8. The molecule has 4 aromatic rings. The maximum atomic E-state index is 13.6. The first kappa shape index (κ1) is 26.7. The highest BCUT2D eigenvalue weighted by Crippen LogP contribution is 2.33. The minimum Gasteiger partial charge on any atom is -0.422 e. The van der Waals surface area contributed by atoms with E-state index < -0.39 is 17.2 Å². The third-order valence-electron chi connectivity index (χ3n) is 8.66. The van der Waals surface area contributed by atoms with Gasteiger partial charge in [0.15, 0.2) is 5.65 Å². The molecule has 0 aliphatic carbocycles. The van der Waals surface area contributed by atoms with Crippen LogP contribution in [0.5, 0.6) is 0 Å². The number of nitrogens with zero attached hydrogens (tertiary/aromatic N) is 7. The number of hydrogen-bond donors (Lipinski definition) is 1. The van der Waals surface area contributed by atoms with Crippen LogP contribution in [0.2, 0.25) is 0 Å². The Morgan fingerprint density at radius 2 is 1.83 bits per heavy atom. The van der Waals surface area contributed by atoms with Gasteiger partial charge in [0.05, 0.1) is 11.6 Å². The highest BCUT2D eigenvalue weighted by molar-refractivity contribution is 6.07. The second kappa shape index (κ2) is 10.2. The number of nitrogens with one attached hydrogen (secondary N) is 1. The summed E-state index contributed by atoms with van der Waals surface area (Å²) in [5, 5.41) is 8.95. The number of carbonyl (C=O) groups excluding carboxylic acids is 2. The Hall–Kier alpha value is -4.48. The Bertz CT molecular complexity index is 1720. The summed E-state index contributed by atoms with van der Waals surface area (Å²) in [6, 6.07) is 5.47. The topological polar surface area (TPSA) is 130 Å². The summed E-state index contributed by atoms with van der Waals surface area (Å²) in [5.41, 5.74) is 2.17. The van der Waals surface area contributed by atoms with E-state index in [0.717, 1.165) is 46.6 Å². The van der Waals surface area contributed by atoms with Crippen molar-refractivity contribution in [1.29, 1.82) is 0 Å². The second-order valence-corrected chi connectivity index (χ2v) is 10.8. The summed E-state index contributed by atoms with van der Waals surface area (Å²) >= 11 is 0. The molecule has 0 atom stereocenters. The molecule has 41 heavy (non-hydrogen) atoms. The SMILES string of the molecule is CCN(CC)c1ccc2c(C)c(CCN3C(=O)NC4(CCN(c5ncnc6c5cnn6C)CC4)C3=O)c(=O)oc2c1. The molecule has 6 rings (SSSR count). The van der Waals surface area contributed by atoms with Crippen LogP contribution in [-0.4, -0.2) is 74.8 Å². The van der Waals surface area contributed by atoms with E-state index >= 15 is 0 Å². The highest BCUT2D eigenvalue weighted by Gasteiger charge is 2.52. The lowest BCUT2D eigenvalue weighted by molar-refractivity contribution is -0.132. The van der Waals surface area contributed by atoms with Crippen LogP contribution in [0.1, 0.15) is 37.8 Å². The third kappa shape index (κ3) is 4.37. The van der Waals surface area contributed by atoms with Crippen molar-refractivity contribution in [3.05, 3.63) is 52.3 Å². The van der Waals surface area contributed by atoms with Crippen molar-refractivity contribution < 1.29 is 14.0 Å². The summed E-state index contributed by atoms with van der Waals surface area (Å²) in [5.74, 6) is 0.525. The van der Waals surface area contributed by atoms with E-state index in [-0.39, 0.29) is 18.9 Å². The van der Waals surface area contributed by atoms with Crippen molar-refractivity contribution in [3.63, 3.8) is 0 Å². The molecule has 0 bridgehead atoms. The van der Waals surface area contributed by atoms with Crippen molar-refractivity contribution in [3.8, 4) is 0 Å². The largest absolute Gasteiger partial charge is 0.422 e. The molecule has 2 saturated heterocycles. The lowest BCUT2D eigenvalue weighted by Crippen LogP contribution is -2.55. The molecule has 1 N–H and O–H groups in total. The minimum atomic E-state index is -0.960. The zero-order valence-electron chi connectivity index (χ0n) is 23.8. The van der Waals surface area contributed by atoms with Gasteiger partial charge in [0.25, 0.3) is 5.91 Å². The van der Waals surface area contributed by atoms with E-state index in [1.807, 2.05) is 32.2 Å². The van der Waals surface area contributed by atoms with Gasteiger partial charge in [-0.25, -0.2) is 19.6 Å². The van der Waals surface area contributed by atoms with Gasteiger partial charge in [-0.1, -0.05) is 0 Å². The van der Waals surface area contributed by atoms with E-state index in [0.29, 0.717) is 37.1 Å². The summed E-state index contributed by atoms with van der Waals surface area (Å²) in [6.45, 7) is 8.95. The van der Waals surface area contributed by atoms with E-state index in [1.54, 1.807) is 10.9 Å². The predicted octanol–water partition coefficient (Wildman–Crippen LogP) is 2.76. The molecular weight excluding hydrogens is 524 g/mol. The Labute approximate surface area is 236 Å². The number of hydrogen-bond acceptors (Lipinski definition) is 9. The molecule has 3 aromatic heterocycles. The van der Waals surface area contributed by atoms with Crippen LogP contribution in [0, 0.1) is 6.92 Å². The van der Waals surface area contributed by atoms with Crippen LogP contribution in [0.4, 0.5) is 16.3 Å². The van der Waals surface area contributed by atoms with Crippen LogP contribution < -0.4 is 20.7 Å². The van der Waals surface area contributed by atoms with E-state index in [1.165, 1.54) is 11.2 Å². The van der Waals surface area contributed by atoms with Gasteiger partial charge in [-0.2, -0.15) is 5.10 Å². The quantitative estimate of drug-likeness (QED) is 0.269. The predicted molar refractivity (Wildman–Crippen MR) is 155 cm³/mol. The number of piperidine rings is 1. The zero-order chi connectivity index (χ0) is 28.9. The molecule has 2 aliphatic rings. The van der Waals surface area contributed by atoms with E-state index in [9.17, 15) is 14.4 Å². The summed E-state index contributed by atoms with van der Waals surface area (Å²) in [4.78, 5) is 53.9. The molecule has 3 amide bonds. The first-order valence-electron chi connectivity index (χ1n) is 14.1. The number of aromatic nitrogens is 4. The number of amides is 3. The first-order valence-corrected chi connectivity index (χ1v) is 14.1. The lowest BCUT2D eigenvalue weighted by Gasteiger charge is -2.38. The van der Waals surface area contributed by atoms with Crippen LogP contribution in [0.25, 0.3) is 22.0 Å². The molecule has 12 nitrogen and oxygen atoms in total. The molecule has 0 radical (unpaired) electrons. The lowest BCUT2D eigenvalue weighted by atomic mass is 9.87. The summed E-state index contributed by atoms with van der Waals surface area (Å²) in [7, 11) is 1.83. The standard InChI is InChI=1S/C29H34N8O4/c1-5-35(6-2)19-7-8-20-18(3)21(26(38)41-23(20)15-19)9-12-37-27(39)29(33-28(37)40)10-13-36(14-11-29)25-22-16-32-34(4)24(22)30-17-31-25/h7-8,15-17H,5-6,9-14H2,1-4H3,(H,33,40). The maximum absolute atomic E-state index is 13.6. The molecule has 0 unspecified atom stereocenters. The van der Waals surface area contributed by atoms with Crippen molar-refractivity contribution in [2.24, 2.45) is 7.05 Å². The Balaban J connectivity index is 1.17. The minimum absolute atomic E-state index is 0.104. The van der Waals surface area contributed by atoms with Crippen LogP contribution in [0.15, 0.2) is 39.9 Å². The Kier molecular flexibility index (Phi) is 6.63. The van der Waals surface area contributed by atoms with Crippen LogP contribution >= 0.6 is 0 Å².